The van der Waals surface area contributed by atoms with Gasteiger partial charge in [0.15, 0.2) is 0 Å². The maximum Gasteiger partial charge on any atom is 0.308 e. The minimum Gasteiger partial charge on any atom is -0.481 e. The van der Waals surface area contributed by atoms with Crippen molar-refractivity contribution in [2.24, 2.45) is 11.8 Å². The molecule has 108 valence electrons. The van der Waals surface area contributed by atoms with Gasteiger partial charge in [0.1, 0.15) is 0 Å². The van der Waals surface area contributed by atoms with Crippen molar-refractivity contribution < 1.29 is 14.7 Å². The number of rotatable bonds is 5. The van der Waals surface area contributed by atoms with Gasteiger partial charge in [-0.2, -0.15) is 0 Å². The molecule has 2 unspecified atom stereocenters. The van der Waals surface area contributed by atoms with Crippen LogP contribution in [0.2, 0.25) is 0 Å². The number of carbonyl (C=O) groups excluding carboxylic acids is 1. The number of thioether (sulfide) groups is 1. The molecule has 1 aromatic carbocycles. The summed E-state index contributed by atoms with van der Waals surface area (Å²) in [4.78, 5) is 24.4. The second-order valence-corrected chi connectivity index (χ2v) is 6.60. The van der Waals surface area contributed by atoms with E-state index in [2.05, 4.69) is 5.32 Å². The van der Waals surface area contributed by atoms with Gasteiger partial charge >= 0.3 is 5.97 Å². The molecule has 1 heterocycles. The molecule has 0 bridgehead atoms. The van der Waals surface area contributed by atoms with E-state index in [1.165, 1.54) is 5.56 Å². The van der Waals surface area contributed by atoms with Gasteiger partial charge in [0, 0.05) is 11.4 Å². The summed E-state index contributed by atoms with van der Waals surface area (Å²) in [5.74, 6) is -1.46. The maximum atomic E-state index is 12.1. The molecule has 1 amide bonds. The SMILES string of the molecule is CC(C)C(CNC(=O)C1Cc2ccccc2S1)C(=O)O. The fourth-order valence-electron chi connectivity index (χ4n) is 2.26. The lowest BCUT2D eigenvalue weighted by molar-refractivity contribution is -0.143. The Labute approximate surface area is 123 Å². The van der Waals surface area contributed by atoms with E-state index >= 15 is 0 Å². The van der Waals surface area contributed by atoms with E-state index in [9.17, 15) is 9.59 Å². The van der Waals surface area contributed by atoms with Crippen LogP contribution in [0.5, 0.6) is 0 Å². The molecule has 2 atom stereocenters. The average Bonchev–Trinajstić information content (AvgIpc) is 2.81. The monoisotopic (exact) mass is 293 g/mol. The lowest BCUT2D eigenvalue weighted by Crippen LogP contribution is -2.39. The van der Waals surface area contributed by atoms with Crippen LogP contribution in [0.1, 0.15) is 19.4 Å². The topological polar surface area (TPSA) is 66.4 Å². The lowest BCUT2D eigenvalue weighted by Gasteiger charge is -2.18. The predicted molar refractivity (Wildman–Crippen MR) is 78.8 cm³/mol. The summed E-state index contributed by atoms with van der Waals surface area (Å²) in [7, 11) is 0. The number of carboxylic acids is 1. The largest absolute Gasteiger partial charge is 0.481 e. The van der Waals surface area contributed by atoms with Gasteiger partial charge in [0.2, 0.25) is 5.91 Å². The van der Waals surface area contributed by atoms with Gasteiger partial charge in [-0.05, 0) is 24.0 Å². The molecular weight excluding hydrogens is 274 g/mol. The summed E-state index contributed by atoms with van der Waals surface area (Å²) in [6.45, 7) is 3.90. The highest BCUT2D eigenvalue weighted by Gasteiger charge is 2.29. The fraction of sp³-hybridized carbons (Fsp3) is 0.467. The van der Waals surface area contributed by atoms with Crippen LogP contribution >= 0.6 is 11.8 Å². The van der Waals surface area contributed by atoms with Crippen molar-refractivity contribution in [3.05, 3.63) is 29.8 Å². The second kappa shape index (κ2) is 6.31. The Bertz CT molecular complexity index is 491. The van der Waals surface area contributed by atoms with E-state index in [4.69, 9.17) is 5.11 Å². The van der Waals surface area contributed by atoms with Crippen LogP contribution in [0, 0.1) is 11.8 Å². The molecule has 0 saturated heterocycles. The van der Waals surface area contributed by atoms with Gasteiger partial charge in [0.05, 0.1) is 11.2 Å². The summed E-state index contributed by atoms with van der Waals surface area (Å²) in [5.41, 5.74) is 1.19. The molecule has 0 radical (unpaired) electrons. The standard InChI is InChI=1S/C15H19NO3S/c1-9(2)11(15(18)19)8-16-14(17)13-7-10-5-3-4-6-12(10)20-13/h3-6,9,11,13H,7-8H2,1-2H3,(H,16,17)(H,18,19). The molecule has 20 heavy (non-hydrogen) atoms. The second-order valence-electron chi connectivity index (χ2n) is 5.35. The van der Waals surface area contributed by atoms with E-state index < -0.39 is 11.9 Å². The Morgan fingerprint density at radius 2 is 2.10 bits per heavy atom. The van der Waals surface area contributed by atoms with E-state index in [0.29, 0.717) is 6.42 Å². The first-order chi connectivity index (χ1) is 9.49. The molecule has 1 aliphatic heterocycles. The third kappa shape index (κ3) is 3.33. The van der Waals surface area contributed by atoms with Crippen molar-refractivity contribution in [2.75, 3.05) is 6.54 Å². The Morgan fingerprint density at radius 3 is 2.70 bits per heavy atom. The van der Waals surface area contributed by atoms with Crippen LogP contribution in [0.4, 0.5) is 0 Å². The first-order valence-corrected chi connectivity index (χ1v) is 7.62. The fourth-order valence-corrected chi connectivity index (χ4v) is 3.48. The number of hydrogen-bond donors (Lipinski definition) is 2. The summed E-state index contributed by atoms with van der Waals surface area (Å²) >= 11 is 1.55. The number of nitrogens with one attached hydrogen (secondary N) is 1. The van der Waals surface area contributed by atoms with Gasteiger partial charge in [-0.15, -0.1) is 11.8 Å². The van der Waals surface area contributed by atoms with E-state index in [0.717, 1.165) is 4.90 Å². The quantitative estimate of drug-likeness (QED) is 0.873. The average molecular weight is 293 g/mol. The molecule has 0 fully saturated rings. The number of fused-ring (bicyclic) bond motifs is 1. The van der Waals surface area contributed by atoms with Crippen LogP contribution in [0.25, 0.3) is 0 Å². The number of aliphatic carboxylic acids is 1. The van der Waals surface area contributed by atoms with E-state index in [-0.39, 0.29) is 23.6 Å². The minimum atomic E-state index is -0.859. The van der Waals surface area contributed by atoms with E-state index in [1.54, 1.807) is 11.8 Å². The van der Waals surface area contributed by atoms with Crippen molar-refractivity contribution in [3.8, 4) is 0 Å². The molecule has 1 aliphatic rings. The number of carbonyl (C=O) groups is 2. The number of carboxylic acid groups (broad SMARTS) is 1. The summed E-state index contributed by atoms with van der Waals surface area (Å²) in [5, 5.41) is 11.7. The number of amides is 1. The highest BCUT2D eigenvalue weighted by atomic mass is 32.2. The summed E-state index contributed by atoms with van der Waals surface area (Å²) in [6.07, 6.45) is 0.714. The third-order valence-electron chi connectivity index (χ3n) is 3.56. The molecule has 2 rings (SSSR count). The minimum absolute atomic E-state index is 0.00114. The Balaban J connectivity index is 1.90. The van der Waals surface area contributed by atoms with Crippen LogP contribution in [0.3, 0.4) is 0 Å². The van der Waals surface area contributed by atoms with Crippen molar-refractivity contribution in [2.45, 2.75) is 30.4 Å². The first-order valence-electron chi connectivity index (χ1n) is 6.74. The molecule has 1 aromatic rings. The lowest BCUT2D eigenvalue weighted by atomic mass is 9.96. The Morgan fingerprint density at radius 1 is 1.40 bits per heavy atom. The molecule has 4 nitrogen and oxygen atoms in total. The molecule has 2 N–H and O–H groups in total. The summed E-state index contributed by atoms with van der Waals surface area (Å²) < 4.78 is 0. The molecule has 0 aromatic heterocycles. The van der Waals surface area contributed by atoms with Gasteiger partial charge < -0.3 is 10.4 Å². The zero-order valence-electron chi connectivity index (χ0n) is 11.6. The number of benzene rings is 1. The van der Waals surface area contributed by atoms with Crippen molar-refractivity contribution in [3.63, 3.8) is 0 Å². The van der Waals surface area contributed by atoms with Crippen LogP contribution in [-0.2, 0) is 16.0 Å². The van der Waals surface area contributed by atoms with Crippen molar-refractivity contribution >= 4 is 23.6 Å². The van der Waals surface area contributed by atoms with Crippen molar-refractivity contribution in [1.82, 2.24) is 5.32 Å². The molecule has 5 heteroatoms. The maximum absolute atomic E-state index is 12.1. The van der Waals surface area contributed by atoms with Gasteiger partial charge in [-0.3, -0.25) is 9.59 Å². The highest BCUT2D eigenvalue weighted by Crippen LogP contribution is 2.36. The highest BCUT2D eigenvalue weighted by molar-refractivity contribution is 8.01. The van der Waals surface area contributed by atoms with Crippen LogP contribution in [0.15, 0.2) is 29.2 Å². The summed E-state index contributed by atoms with van der Waals surface area (Å²) in [6, 6.07) is 7.98. The van der Waals surface area contributed by atoms with Gasteiger partial charge in [-0.25, -0.2) is 0 Å². The van der Waals surface area contributed by atoms with E-state index in [1.807, 2.05) is 38.1 Å². The van der Waals surface area contributed by atoms with Crippen LogP contribution in [-0.4, -0.2) is 28.8 Å². The predicted octanol–water partition coefficient (Wildman–Crippen LogP) is 2.18. The molecular formula is C15H19NO3S. The zero-order chi connectivity index (χ0) is 14.7. The molecule has 0 saturated carbocycles. The van der Waals surface area contributed by atoms with Crippen molar-refractivity contribution in [1.29, 1.82) is 0 Å². The zero-order valence-corrected chi connectivity index (χ0v) is 12.4. The Kier molecular flexibility index (Phi) is 4.70. The van der Waals surface area contributed by atoms with Gasteiger partial charge in [0.25, 0.3) is 0 Å². The normalized spacial score (nSPS) is 18.6. The third-order valence-corrected chi connectivity index (χ3v) is 4.88. The smallest absolute Gasteiger partial charge is 0.308 e. The van der Waals surface area contributed by atoms with Crippen LogP contribution < -0.4 is 5.32 Å². The van der Waals surface area contributed by atoms with Gasteiger partial charge in [-0.1, -0.05) is 32.0 Å². The molecule has 0 spiro atoms. The molecule has 0 aliphatic carbocycles. The first kappa shape index (κ1) is 14.9. The number of hydrogen-bond acceptors (Lipinski definition) is 3. The Hall–Kier alpha value is -1.49.